The number of aryl methyl sites for hydroxylation is 1. The van der Waals surface area contributed by atoms with E-state index in [1.54, 1.807) is 0 Å². The molecule has 2 unspecified atom stereocenters. The molecule has 0 aliphatic heterocycles. The minimum atomic E-state index is -1.74. The number of terminal acetylenes is 2. The molecule has 0 aromatic carbocycles. The van der Waals surface area contributed by atoms with Crippen LogP contribution in [-0.2, 0) is 31.9 Å². The fourth-order valence-corrected chi connectivity index (χ4v) is 2.51. The number of carboxylic acid groups (broad SMARTS) is 2. The number of aromatic nitrogens is 1. The fraction of sp³-hybridized carbons (Fsp3) is 0.450. The fourth-order valence-electron chi connectivity index (χ4n) is 2.51. The van der Waals surface area contributed by atoms with Gasteiger partial charge in [-0.3, -0.25) is 4.98 Å². The first-order chi connectivity index (χ1) is 13.0. The lowest BCUT2D eigenvalue weighted by atomic mass is 9.87. The van der Waals surface area contributed by atoms with Crippen molar-refractivity contribution in [1.82, 2.24) is 4.98 Å². The Kier molecular flexibility index (Phi) is 7.57. The third-order valence-corrected chi connectivity index (χ3v) is 4.33. The number of nitrogens with zero attached hydrogens (tertiary/aromatic N) is 1. The van der Waals surface area contributed by atoms with Crippen molar-refractivity contribution in [3.05, 3.63) is 23.0 Å². The van der Waals surface area contributed by atoms with Crippen molar-refractivity contribution in [3.8, 4) is 30.4 Å². The van der Waals surface area contributed by atoms with E-state index in [1.807, 2.05) is 0 Å². The van der Waals surface area contributed by atoms with Gasteiger partial charge in [0, 0.05) is 24.6 Å². The van der Waals surface area contributed by atoms with Crippen molar-refractivity contribution in [2.24, 2.45) is 0 Å². The predicted molar refractivity (Wildman–Crippen MR) is 99.7 cm³/mol. The minimum absolute atomic E-state index is 0.186. The summed E-state index contributed by atoms with van der Waals surface area (Å²) in [7, 11) is 0. The van der Waals surface area contributed by atoms with E-state index in [0.717, 1.165) is 0 Å². The Labute approximate surface area is 163 Å². The summed E-state index contributed by atoms with van der Waals surface area (Å²) >= 11 is 0. The van der Waals surface area contributed by atoms with Crippen LogP contribution in [0.1, 0.15) is 30.7 Å². The van der Waals surface area contributed by atoms with Gasteiger partial charge in [0.1, 0.15) is 19.0 Å². The van der Waals surface area contributed by atoms with Crippen LogP contribution >= 0.6 is 0 Å². The Morgan fingerprint density at radius 1 is 1.07 bits per heavy atom. The molecule has 0 spiro atoms. The van der Waals surface area contributed by atoms with Gasteiger partial charge >= 0.3 is 11.9 Å². The highest BCUT2D eigenvalue weighted by Gasteiger charge is 2.39. The Morgan fingerprint density at radius 2 is 1.54 bits per heavy atom. The number of carboxylic acids is 2. The monoisotopic (exact) mass is 389 g/mol. The molecule has 0 radical (unpaired) electrons. The van der Waals surface area contributed by atoms with Crippen LogP contribution in [0.4, 0.5) is 0 Å². The molecule has 28 heavy (non-hydrogen) atoms. The van der Waals surface area contributed by atoms with E-state index in [4.69, 9.17) is 22.3 Å². The molecule has 0 aliphatic rings. The third-order valence-electron chi connectivity index (χ3n) is 4.33. The van der Waals surface area contributed by atoms with Crippen molar-refractivity contribution in [2.75, 3.05) is 13.2 Å². The van der Waals surface area contributed by atoms with E-state index < -0.39 is 23.1 Å². The van der Waals surface area contributed by atoms with Gasteiger partial charge in [0.2, 0.25) is 0 Å². The molecule has 1 heterocycles. The molecule has 0 bridgehead atoms. The molecule has 8 nitrogen and oxygen atoms in total. The summed E-state index contributed by atoms with van der Waals surface area (Å²) in [4.78, 5) is 27.5. The van der Waals surface area contributed by atoms with Gasteiger partial charge in [0.25, 0.3) is 0 Å². The third kappa shape index (κ3) is 5.23. The SMILES string of the molecule is C#CCOC(C)(Cc1cnc(C)c(O)c1CC(C)(OCC#C)C(=O)O)C(=O)O. The summed E-state index contributed by atoms with van der Waals surface area (Å²) in [6.45, 7) is 3.70. The molecule has 1 aromatic rings. The predicted octanol–water partition coefficient (Wildman–Crippen LogP) is 1.17. The number of pyridine rings is 1. The summed E-state index contributed by atoms with van der Waals surface area (Å²) in [6.07, 6.45) is 11.2. The van der Waals surface area contributed by atoms with E-state index in [1.165, 1.54) is 27.0 Å². The molecule has 0 aliphatic carbocycles. The molecular weight excluding hydrogens is 366 g/mol. The molecule has 150 valence electrons. The highest BCUT2D eigenvalue weighted by Crippen LogP contribution is 2.32. The number of hydrogen-bond acceptors (Lipinski definition) is 6. The van der Waals surface area contributed by atoms with Crippen LogP contribution < -0.4 is 0 Å². The molecule has 0 amide bonds. The number of aliphatic carboxylic acids is 2. The average Bonchev–Trinajstić information content (AvgIpc) is 2.64. The smallest absolute Gasteiger partial charge is 0.336 e. The number of rotatable bonds is 10. The number of ether oxygens (including phenoxy) is 2. The van der Waals surface area contributed by atoms with E-state index in [0.29, 0.717) is 5.56 Å². The van der Waals surface area contributed by atoms with Gasteiger partial charge in [-0.15, -0.1) is 12.8 Å². The van der Waals surface area contributed by atoms with Crippen LogP contribution in [0.3, 0.4) is 0 Å². The average molecular weight is 389 g/mol. The normalized spacial score (nSPS) is 14.9. The van der Waals surface area contributed by atoms with Crippen molar-refractivity contribution in [3.63, 3.8) is 0 Å². The number of aromatic hydroxyl groups is 1. The van der Waals surface area contributed by atoms with Gasteiger partial charge in [-0.2, -0.15) is 0 Å². The number of hydrogen-bond donors (Lipinski definition) is 3. The van der Waals surface area contributed by atoms with Crippen molar-refractivity contribution in [2.45, 2.75) is 44.8 Å². The molecule has 8 heteroatoms. The second-order valence-electron chi connectivity index (χ2n) is 6.61. The first-order valence-electron chi connectivity index (χ1n) is 8.28. The molecule has 3 N–H and O–H groups in total. The first kappa shape index (κ1) is 23.0. The zero-order valence-corrected chi connectivity index (χ0v) is 16.0. The highest BCUT2D eigenvalue weighted by atomic mass is 16.5. The van der Waals surface area contributed by atoms with Crippen molar-refractivity contribution in [1.29, 1.82) is 0 Å². The summed E-state index contributed by atoms with van der Waals surface area (Å²) in [6, 6.07) is 0. The molecule has 0 fully saturated rings. The maximum atomic E-state index is 11.7. The summed E-state index contributed by atoms with van der Waals surface area (Å²) in [5.74, 6) is 1.61. The summed E-state index contributed by atoms with van der Waals surface area (Å²) in [5.41, 5.74) is -2.71. The van der Waals surface area contributed by atoms with E-state index in [9.17, 15) is 24.9 Å². The zero-order valence-electron chi connectivity index (χ0n) is 16.0. The van der Waals surface area contributed by atoms with Gasteiger partial charge in [-0.05, 0) is 26.3 Å². The molecule has 2 atom stereocenters. The van der Waals surface area contributed by atoms with Crippen molar-refractivity contribution < 1.29 is 34.4 Å². The van der Waals surface area contributed by atoms with Crippen molar-refractivity contribution >= 4 is 11.9 Å². The van der Waals surface area contributed by atoms with Crippen LogP contribution in [-0.4, -0.2) is 56.7 Å². The number of carbonyl (C=O) groups is 2. The topological polar surface area (TPSA) is 126 Å². The van der Waals surface area contributed by atoms with Crippen LogP contribution in [0.15, 0.2) is 6.20 Å². The van der Waals surface area contributed by atoms with Crippen LogP contribution in [0.5, 0.6) is 5.75 Å². The maximum Gasteiger partial charge on any atom is 0.336 e. The molecule has 0 saturated carbocycles. The summed E-state index contributed by atoms with van der Waals surface area (Å²) in [5, 5.41) is 29.6. The lowest BCUT2D eigenvalue weighted by Crippen LogP contribution is -2.43. The van der Waals surface area contributed by atoms with Gasteiger partial charge in [-0.25, -0.2) is 9.59 Å². The summed E-state index contributed by atoms with van der Waals surface area (Å²) < 4.78 is 10.6. The molecule has 1 aromatic heterocycles. The lowest BCUT2D eigenvalue weighted by Gasteiger charge is -2.29. The van der Waals surface area contributed by atoms with E-state index in [-0.39, 0.29) is 43.1 Å². The Balaban J connectivity index is 3.42. The minimum Gasteiger partial charge on any atom is -0.506 e. The highest BCUT2D eigenvalue weighted by molar-refractivity contribution is 5.79. The van der Waals surface area contributed by atoms with Gasteiger partial charge in [0.15, 0.2) is 11.2 Å². The Morgan fingerprint density at radius 3 is 1.96 bits per heavy atom. The Bertz CT molecular complexity index is 836. The van der Waals surface area contributed by atoms with E-state index >= 15 is 0 Å². The van der Waals surface area contributed by atoms with Gasteiger partial charge < -0.3 is 24.8 Å². The maximum absolute atomic E-state index is 11.7. The van der Waals surface area contributed by atoms with Gasteiger partial charge in [0.05, 0.1) is 5.69 Å². The molecular formula is C20H23NO7. The lowest BCUT2D eigenvalue weighted by molar-refractivity contribution is -0.163. The zero-order chi connectivity index (χ0) is 21.5. The second-order valence-corrected chi connectivity index (χ2v) is 6.61. The first-order valence-corrected chi connectivity index (χ1v) is 8.28. The quantitative estimate of drug-likeness (QED) is 0.509. The Hall–Kier alpha value is -3.07. The van der Waals surface area contributed by atoms with Crippen LogP contribution in [0.25, 0.3) is 0 Å². The molecule has 0 saturated heterocycles. The standard InChI is InChI=1S/C20H23NO7/c1-6-8-27-19(4,17(23)24)10-14-12-21-13(3)16(22)15(14)11-20(5,18(25)26)28-9-7-2/h1-2,12,22H,8-11H2,3-5H3,(H,23,24)(H,25,26). The van der Waals surface area contributed by atoms with Crippen LogP contribution in [0.2, 0.25) is 0 Å². The largest absolute Gasteiger partial charge is 0.506 e. The molecule has 1 rings (SSSR count). The van der Waals surface area contributed by atoms with Gasteiger partial charge in [-0.1, -0.05) is 11.8 Å². The van der Waals surface area contributed by atoms with E-state index in [2.05, 4.69) is 16.8 Å². The second kappa shape index (κ2) is 9.23. The van der Waals surface area contributed by atoms with Crippen LogP contribution in [0, 0.1) is 31.6 Å².